The van der Waals surface area contributed by atoms with Crippen molar-refractivity contribution in [2.45, 2.75) is 45.6 Å². The van der Waals surface area contributed by atoms with Crippen LogP contribution in [0.4, 0.5) is 0 Å². The number of unbranched alkanes of at least 4 members (excludes halogenated alkanes) is 3. The highest BCUT2D eigenvalue weighted by molar-refractivity contribution is 5.13. The van der Waals surface area contributed by atoms with Crippen molar-refractivity contribution in [3.63, 3.8) is 0 Å². The van der Waals surface area contributed by atoms with Gasteiger partial charge in [-0.15, -0.1) is 0 Å². The van der Waals surface area contributed by atoms with E-state index < -0.39 is 0 Å². The van der Waals surface area contributed by atoms with E-state index in [1.54, 1.807) is 6.20 Å². The van der Waals surface area contributed by atoms with E-state index in [0.717, 1.165) is 19.3 Å². The molecule has 0 fully saturated rings. The lowest BCUT2D eigenvalue weighted by Crippen LogP contribution is -2.22. The molecule has 2 N–H and O–H groups in total. The van der Waals surface area contributed by atoms with Gasteiger partial charge in [0.15, 0.2) is 0 Å². The highest BCUT2D eigenvalue weighted by Crippen LogP contribution is 2.05. The number of aryl methyl sites for hydroxylation is 1. The Hall–Kier alpha value is -1.36. The lowest BCUT2D eigenvalue weighted by Gasteiger charge is -2.07. The molecule has 0 aliphatic carbocycles. The van der Waals surface area contributed by atoms with Gasteiger partial charge in [0.05, 0.1) is 12.8 Å². The minimum absolute atomic E-state index is 0.100. The first-order chi connectivity index (χ1) is 8.77. The van der Waals surface area contributed by atoms with Gasteiger partial charge in [-0.05, 0) is 19.4 Å². The first kappa shape index (κ1) is 14.7. The molecule has 0 radical (unpaired) electrons. The molecule has 5 heteroatoms. The Morgan fingerprint density at radius 1 is 1.33 bits per heavy atom. The Kier molecular flexibility index (Phi) is 7.10. The van der Waals surface area contributed by atoms with Crippen LogP contribution in [0.15, 0.2) is 17.1 Å². The molecule has 1 aromatic heterocycles. The van der Waals surface area contributed by atoms with E-state index in [4.69, 9.17) is 10.5 Å². The van der Waals surface area contributed by atoms with Gasteiger partial charge in [-0.25, -0.2) is 4.68 Å². The number of ether oxygens (including phenoxy) is 1. The van der Waals surface area contributed by atoms with Crippen LogP contribution in [0.5, 0.6) is 5.75 Å². The van der Waals surface area contributed by atoms with Crippen molar-refractivity contribution in [3.8, 4) is 5.75 Å². The Morgan fingerprint density at radius 2 is 2.17 bits per heavy atom. The molecule has 0 aromatic carbocycles. The Labute approximate surface area is 108 Å². The molecule has 0 spiro atoms. The molecule has 18 heavy (non-hydrogen) atoms. The number of nitrogens with zero attached hydrogens (tertiary/aromatic N) is 2. The van der Waals surface area contributed by atoms with E-state index >= 15 is 0 Å². The molecule has 0 unspecified atom stereocenters. The number of hydrogen-bond acceptors (Lipinski definition) is 4. The smallest absolute Gasteiger partial charge is 0.270 e. The number of nitrogens with two attached hydrogens (primary N) is 1. The molecule has 102 valence electrons. The summed E-state index contributed by atoms with van der Waals surface area (Å²) in [5.74, 6) is 0.526. The van der Waals surface area contributed by atoms with Crippen LogP contribution >= 0.6 is 0 Å². The summed E-state index contributed by atoms with van der Waals surface area (Å²) in [4.78, 5) is 11.7. The molecule has 0 aliphatic rings. The summed E-state index contributed by atoms with van der Waals surface area (Å²) < 4.78 is 6.86. The van der Waals surface area contributed by atoms with Gasteiger partial charge in [-0.1, -0.05) is 26.2 Å². The van der Waals surface area contributed by atoms with E-state index in [0.29, 0.717) is 25.4 Å². The predicted molar refractivity (Wildman–Crippen MR) is 71.8 cm³/mol. The van der Waals surface area contributed by atoms with Gasteiger partial charge in [0.25, 0.3) is 5.56 Å². The van der Waals surface area contributed by atoms with Crippen molar-refractivity contribution < 1.29 is 4.74 Å². The van der Waals surface area contributed by atoms with Crippen LogP contribution < -0.4 is 16.0 Å². The van der Waals surface area contributed by atoms with Gasteiger partial charge in [0.1, 0.15) is 5.75 Å². The largest absolute Gasteiger partial charge is 0.492 e. The highest BCUT2D eigenvalue weighted by Gasteiger charge is 2.00. The Morgan fingerprint density at radius 3 is 2.83 bits per heavy atom. The zero-order chi connectivity index (χ0) is 13.2. The van der Waals surface area contributed by atoms with E-state index in [9.17, 15) is 4.79 Å². The second kappa shape index (κ2) is 8.69. The van der Waals surface area contributed by atoms with Crippen molar-refractivity contribution in [2.24, 2.45) is 5.73 Å². The monoisotopic (exact) mass is 253 g/mol. The average molecular weight is 253 g/mol. The van der Waals surface area contributed by atoms with Crippen LogP contribution in [0.25, 0.3) is 0 Å². The summed E-state index contributed by atoms with van der Waals surface area (Å²) in [5.41, 5.74) is 5.26. The summed E-state index contributed by atoms with van der Waals surface area (Å²) in [5, 5.41) is 4.10. The van der Waals surface area contributed by atoms with Gasteiger partial charge in [0, 0.05) is 12.6 Å². The van der Waals surface area contributed by atoms with Crippen LogP contribution in [0.1, 0.15) is 39.0 Å². The third kappa shape index (κ3) is 5.31. The summed E-state index contributed by atoms with van der Waals surface area (Å²) in [6, 6.07) is 1.49. The maximum Gasteiger partial charge on any atom is 0.270 e. The number of rotatable bonds is 9. The van der Waals surface area contributed by atoms with Crippen molar-refractivity contribution in [3.05, 3.63) is 22.6 Å². The molecule has 0 saturated carbocycles. The van der Waals surface area contributed by atoms with Crippen LogP contribution in [-0.4, -0.2) is 22.9 Å². The molecular formula is C13H23N3O2. The molecule has 1 rings (SSSR count). The van der Waals surface area contributed by atoms with Gasteiger partial charge < -0.3 is 10.5 Å². The van der Waals surface area contributed by atoms with Crippen molar-refractivity contribution in [1.82, 2.24) is 9.78 Å². The fraction of sp³-hybridized carbons (Fsp3) is 0.692. The minimum atomic E-state index is -0.100. The fourth-order valence-corrected chi connectivity index (χ4v) is 1.63. The van der Waals surface area contributed by atoms with Crippen molar-refractivity contribution in [2.75, 3.05) is 13.2 Å². The van der Waals surface area contributed by atoms with E-state index in [1.807, 2.05) is 0 Å². The van der Waals surface area contributed by atoms with Crippen LogP contribution in [0, 0.1) is 0 Å². The molecule has 0 saturated heterocycles. The SMILES string of the molecule is CCCCCCn1ncc(OCCCN)cc1=O. The topological polar surface area (TPSA) is 70.1 Å². The molecule has 0 amide bonds. The highest BCUT2D eigenvalue weighted by atomic mass is 16.5. The quantitative estimate of drug-likeness (QED) is 0.678. The molecule has 0 aliphatic heterocycles. The summed E-state index contributed by atoms with van der Waals surface area (Å²) in [7, 11) is 0. The molecular weight excluding hydrogens is 230 g/mol. The minimum Gasteiger partial charge on any atom is -0.492 e. The molecule has 1 heterocycles. The predicted octanol–water partition coefficient (Wildman–Crippen LogP) is 1.55. The first-order valence-corrected chi connectivity index (χ1v) is 6.68. The summed E-state index contributed by atoms with van der Waals surface area (Å²) >= 11 is 0. The van der Waals surface area contributed by atoms with Gasteiger partial charge in [-0.3, -0.25) is 4.79 Å². The fourth-order valence-electron chi connectivity index (χ4n) is 1.63. The van der Waals surface area contributed by atoms with Crippen molar-refractivity contribution in [1.29, 1.82) is 0 Å². The van der Waals surface area contributed by atoms with Gasteiger partial charge in [0.2, 0.25) is 0 Å². The van der Waals surface area contributed by atoms with E-state index in [1.165, 1.54) is 23.6 Å². The zero-order valence-electron chi connectivity index (χ0n) is 11.1. The summed E-state index contributed by atoms with van der Waals surface area (Å²) in [6.07, 6.45) is 6.90. The normalized spacial score (nSPS) is 10.6. The Balaban J connectivity index is 2.44. The zero-order valence-corrected chi connectivity index (χ0v) is 11.1. The van der Waals surface area contributed by atoms with Crippen molar-refractivity contribution >= 4 is 0 Å². The average Bonchev–Trinajstić information content (AvgIpc) is 2.37. The molecule has 5 nitrogen and oxygen atoms in total. The van der Waals surface area contributed by atoms with E-state index in [-0.39, 0.29) is 5.56 Å². The Bertz CT molecular complexity index is 390. The lowest BCUT2D eigenvalue weighted by molar-refractivity contribution is 0.309. The number of aromatic nitrogens is 2. The molecule has 0 atom stereocenters. The maximum absolute atomic E-state index is 11.7. The first-order valence-electron chi connectivity index (χ1n) is 6.68. The maximum atomic E-state index is 11.7. The third-order valence-electron chi connectivity index (χ3n) is 2.69. The van der Waals surface area contributed by atoms with Crippen LogP contribution in [0.3, 0.4) is 0 Å². The van der Waals surface area contributed by atoms with Crippen LogP contribution in [0.2, 0.25) is 0 Å². The second-order valence-electron chi connectivity index (χ2n) is 4.30. The molecule has 0 bridgehead atoms. The summed E-state index contributed by atoms with van der Waals surface area (Å²) in [6.45, 7) is 3.96. The van der Waals surface area contributed by atoms with Gasteiger partial charge >= 0.3 is 0 Å². The van der Waals surface area contributed by atoms with Gasteiger partial charge in [-0.2, -0.15) is 5.10 Å². The second-order valence-corrected chi connectivity index (χ2v) is 4.30. The van der Waals surface area contributed by atoms with E-state index in [2.05, 4.69) is 12.0 Å². The number of hydrogen-bond donors (Lipinski definition) is 1. The van der Waals surface area contributed by atoms with Crippen LogP contribution in [-0.2, 0) is 6.54 Å². The third-order valence-corrected chi connectivity index (χ3v) is 2.69. The lowest BCUT2D eigenvalue weighted by atomic mass is 10.2. The molecule has 1 aromatic rings. The standard InChI is InChI=1S/C13H23N3O2/c1-2-3-4-5-8-16-13(17)10-12(11-15-16)18-9-6-7-14/h10-11H,2-9,14H2,1H3.